The largest absolute Gasteiger partial charge is 0.488 e. The molecule has 156 valence electrons. The van der Waals surface area contributed by atoms with Crippen LogP contribution >= 0.6 is 0 Å². The minimum absolute atomic E-state index is 0.0796. The van der Waals surface area contributed by atoms with Gasteiger partial charge in [0.05, 0.1) is 13.2 Å². The van der Waals surface area contributed by atoms with Gasteiger partial charge in [0.2, 0.25) is 0 Å². The van der Waals surface area contributed by atoms with Gasteiger partial charge in [0.1, 0.15) is 12.4 Å². The molecule has 0 saturated carbocycles. The fourth-order valence-corrected chi connectivity index (χ4v) is 5.53. The molecule has 0 aromatic heterocycles. The van der Waals surface area contributed by atoms with E-state index in [1.165, 1.54) is 27.5 Å². The number of hydrogen-bond donors (Lipinski definition) is 0. The van der Waals surface area contributed by atoms with Crippen LogP contribution < -0.4 is 4.74 Å². The average molecular weight is 419 g/mol. The topological polar surface area (TPSA) is 38.8 Å². The molecule has 4 nitrogen and oxygen atoms in total. The molecule has 0 radical (unpaired) electrons. The first kappa shape index (κ1) is 18.0. The minimum atomic E-state index is 0.0796. The summed E-state index contributed by atoms with van der Waals surface area (Å²) in [5, 5.41) is 2.44. The van der Waals surface area contributed by atoms with Crippen molar-refractivity contribution in [1.82, 2.24) is 4.90 Å². The van der Waals surface area contributed by atoms with Crippen molar-refractivity contribution in [2.24, 2.45) is 0 Å². The van der Waals surface area contributed by atoms with E-state index in [1.54, 1.807) is 0 Å². The summed E-state index contributed by atoms with van der Waals surface area (Å²) in [5.41, 5.74) is 8.72. The molecule has 3 aliphatic rings. The Bertz CT molecular complexity index is 1430. The SMILES string of the molecule is O=C(c1cc2c(c3c1-c1cccc4cccc-3c14)-c1ccccc1OC2)N1CCOCC1. The van der Waals surface area contributed by atoms with Gasteiger partial charge in [0, 0.05) is 35.3 Å². The molecule has 2 aliphatic heterocycles. The number of ether oxygens (including phenoxy) is 2. The first-order valence-corrected chi connectivity index (χ1v) is 11.1. The number of amides is 1. The smallest absolute Gasteiger partial charge is 0.254 e. The van der Waals surface area contributed by atoms with Crippen molar-refractivity contribution in [1.29, 1.82) is 0 Å². The molecule has 0 bridgehead atoms. The summed E-state index contributed by atoms with van der Waals surface area (Å²) < 4.78 is 11.6. The molecule has 1 amide bonds. The van der Waals surface area contributed by atoms with Gasteiger partial charge in [0.15, 0.2) is 0 Å². The van der Waals surface area contributed by atoms with Crippen LogP contribution in [0, 0.1) is 0 Å². The molecular weight excluding hydrogens is 398 g/mol. The van der Waals surface area contributed by atoms with Crippen LogP contribution in [-0.2, 0) is 11.3 Å². The summed E-state index contributed by atoms with van der Waals surface area (Å²) in [6, 6.07) is 23.2. The summed E-state index contributed by atoms with van der Waals surface area (Å²) in [4.78, 5) is 15.7. The monoisotopic (exact) mass is 419 g/mol. The number of carbonyl (C=O) groups is 1. The predicted octanol–water partition coefficient (Wildman–Crippen LogP) is 5.52. The zero-order valence-electron chi connectivity index (χ0n) is 17.6. The first-order chi connectivity index (χ1) is 15.8. The van der Waals surface area contributed by atoms with Crippen molar-refractivity contribution in [2.45, 2.75) is 6.61 Å². The van der Waals surface area contributed by atoms with Crippen LogP contribution in [-0.4, -0.2) is 37.1 Å². The standard InChI is InChI=1S/C28H21NO3/c30-28(29-11-13-31-14-12-29)22-15-18-16-32-23-10-2-1-7-19(23)25(18)27-21-9-4-6-17-5-3-8-20(24(17)21)26(22)27/h1-10,15H,11-14,16H2. The molecule has 1 saturated heterocycles. The number of fused-ring (bicyclic) bond motifs is 7. The van der Waals surface area contributed by atoms with Crippen LogP contribution in [0.2, 0.25) is 0 Å². The molecule has 1 fully saturated rings. The lowest BCUT2D eigenvalue weighted by Crippen LogP contribution is -2.41. The Balaban J connectivity index is 1.57. The summed E-state index contributed by atoms with van der Waals surface area (Å²) in [5.74, 6) is 0.980. The van der Waals surface area contributed by atoms with Gasteiger partial charge in [-0.05, 0) is 45.2 Å². The molecule has 4 aromatic carbocycles. The second kappa shape index (κ2) is 6.68. The van der Waals surface area contributed by atoms with Crippen LogP contribution in [0.15, 0.2) is 66.7 Å². The Hall–Kier alpha value is -3.63. The molecule has 0 spiro atoms. The first-order valence-electron chi connectivity index (χ1n) is 11.1. The van der Waals surface area contributed by atoms with Gasteiger partial charge in [-0.2, -0.15) is 0 Å². The number of hydrogen-bond acceptors (Lipinski definition) is 3. The molecular formula is C28H21NO3. The highest BCUT2D eigenvalue weighted by Crippen LogP contribution is 2.55. The number of morpholine rings is 1. The Labute approximate surface area is 186 Å². The Morgan fingerprint density at radius 2 is 1.50 bits per heavy atom. The number of rotatable bonds is 1. The van der Waals surface area contributed by atoms with Crippen molar-refractivity contribution in [3.63, 3.8) is 0 Å². The second-order valence-corrected chi connectivity index (χ2v) is 8.61. The number of carbonyl (C=O) groups excluding carboxylic acids is 1. The summed E-state index contributed by atoms with van der Waals surface area (Å²) >= 11 is 0. The maximum atomic E-state index is 13.8. The van der Waals surface area contributed by atoms with Crippen molar-refractivity contribution < 1.29 is 14.3 Å². The Morgan fingerprint density at radius 3 is 2.31 bits per heavy atom. The van der Waals surface area contributed by atoms with Crippen LogP contribution in [0.3, 0.4) is 0 Å². The summed E-state index contributed by atoms with van der Waals surface area (Å²) in [6.45, 7) is 2.90. The normalized spacial score (nSPS) is 15.7. The molecule has 2 heterocycles. The zero-order valence-corrected chi connectivity index (χ0v) is 17.6. The summed E-state index contributed by atoms with van der Waals surface area (Å²) in [7, 11) is 0. The Morgan fingerprint density at radius 1 is 0.781 bits per heavy atom. The molecule has 0 unspecified atom stereocenters. The van der Waals surface area contributed by atoms with Gasteiger partial charge >= 0.3 is 0 Å². The molecule has 0 N–H and O–H groups in total. The van der Waals surface area contributed by atoms with Gasteiger partial charge < -0.3 is 14.4 Å². The van der Waals surface area contributed by atoms with E-state index < -0.39 is 0 Å². The molecule has 7 rings (SSSR count). The fourth-order valence-electron chi connectivity index (χ4n) is 5.53. The van der Waals surface area contributed by atoms with Crippen LogP contribution in [0.1, 0.15) is 15.9 Å². The van der Waals surface area contributed by atoms with E-state index >= 15 is 0 Å². The van der Waals surface area contributed by atoms with Crippen molar-refractivity contribution >= 4 is 16.7 Å². The number of para-hydroxylation sites is 1. The third-order valence-electron chi connectivity index (χ3n) is 6.92. The van der Waals surface area contributed by atoms with Gasteiger partial charge in [-0.25, -0.2) is 0 Å². The van der Waals surface area contributed by atoms with Crippen LogP contribution in [0.5, 0.6) is 5.75 Å². The van der Waals surface area contributed by atoms with Crippen LogP contribution in [0.4, 0.5) is 0 Å². The lowest BCUT2D eigenvalue weighted by Gasteiger charge is -2.29. The lowest BCUT2D eigenvalue weighted by molar-refractivity contribution is 0.0303. The maximum absolute atomic E-state index is 13.8. The highest BCUT2D eigenvalue weighted by Gasteiger charge is 2.34. The third-order valence-corrected chi connectivity index (χ3v) is 6.92. The Kier molecular flexibility index (Phi) is 3.76. The quantitative estimate of drug-likeness (QED) is 0.359. The van der Waals surface area contributed by atoms with Gasteiger partial charge in [-0.3, -0.25) is 4.79 Å². The average Bonchev–Trinajstić information content (AvgIpc) is 3.20. The molecule has 4 aromatic rings. The van der Waals surface area contributed by atoms with E-state index in [4.69, 9.17) is 9.47 Å². The minimum Gasteiger partial charge on any atom is -0.488 e. The number of nitrogens with zero attached hydrogens (tertiary/aromatic N) is 1. The fraction of sp³-hybridized carbons (Fsp3) is 0.179. The predicted molar refractivity (Wildman–Crippen MR) is 125 cm³/mol. The lowest BCUT2D eigenvalue weighted by atomic mass is 9.85. The van der Waals surface area contributed by atoms with E-state index in [0.29, 0.717) is 32.9 Å². The third kappa shape index (κ3) is 2.38. The second-order valence-electron chi connectivity index (χ2n) is 8.61. The van der Waals surface area contributed by atoms with E-state index in [2.05, 4.69) is 54.6 Å². The highest BCUT2D eigenvalue weighted by molar-refractivity contribution is 6.22. The van der Waals surface area contributed by atoms with Gasteiger partial charge in [-0.1, -0.05) is 54.6 Å². The van der Waals surface area contributed by atoms with E-state index in [-0.39, 0.29) is 5.91 Å². The van der Waals surface area contributed by atoms with E-state index in [0.717, 1.165) is 33.6 Å². The van der Waals surface area contributed by atoms with Crippen molar-refractivity contribution in [2.75, 3.05) is 26.3 Å². The highest BCUT2D eigenvalue weighted by atomic mass is 16.5. The van der Waals surface area contributed by atoms with Crippen molar-refractivity contribution in [3.05, 3.63) is 77.9 Å². The summed E-state index contributed by atoms with van der Waals surface area (Å²) in [6.07, 6.45) is 0. The van der Waals surface area contributed by atoms with Crippen molar-refractivity contribution in [3.8, 4) is 39.1 Å². The van der Waals surface area contributed by atoms with Gasteiger partial charge in [-0.15, -0.1) is 0 Å². The molecule has 32 heavy (non-hydrogen) atoms. The van der Waals surface area contributed by atoms with Gasteiger partial charge in [0.25, 0.3) is 5.91 Å². The zero-order chi connectivity index (χ0) is 21.2. The number of benzene rings is 4. The molecule has 0 atom stereocenters. The van der Waals surface area contributed by atoms with E-state index in [1.807, 2.05) is 17.0 Å². The molecule has 1 aliphatic carbocycles. The van der Waals surface area contributed by atoms with Crippen LogP contribution in [0.25, 0.3) is 44.2 Å². The van der Waals surface area contributed by atoms with E-state index in [9.17, 15) is 4.79 Å². The molecule has 4 heteroatoms. The maximum Gasteiger partial charge on any atom is 0.254 e.